The van der Waals surface area contributed by atoms with Crippen LogP contribution in [-0.2, 0) is 10.2 Å². The van der Waals surface area contributed by atoms with Crippen molar-refractivity contribution >= 4 is 35.8 Å². The zero-order valence-electron chi connectivity index (χ0n) is 18.5. The highest BCUT2D eigenvalue weighted by molar-refractivity contribution is 14.0. The Morgan fingerprint density at radius 3 is 2.55 bits per heavy atom. The van der Waals surface area contributed by atoms with Crippen molar-refractivity contribution in [3.05, 3.63) is 29.8 Å². The van der Waals surface area contributed by atoms with E-state index in [1.165, 1.54) is 5.56 Å². The molecule has 1 fully saturated rings. The second-order valence-electron chi connectivity index (χ2n) is 8.41. The third kappa shape index (κ3) is 8.40. The van der Waals surface area contributed by atoms with Crippen LogP contribution in [0.15, 0.2) is 29.3 Å². The van der Waals surface area contributed by atoms with E-state index in [-0.39, 0.29) is 35.3 Å². The van der Waals surface area contributed by atoms with Crippen LogP contribution in [0.25, 0.3) is 0 Å². The number of amides is 1. The number of nitrogens with zero attached hydrogens (tertiary/aromatic N) is 2. The Morgan fingerprint density at radius 2 is 1.97 bits per heavy atom. The number of hydrogen-bond donors (Lipinski definition) is 2. The number of carbonyl (C=O) groups excluding carboxylic acids is 1. The number of ether oxygens (including phenoxy) is 1. The molecule has 1 saturated heterocycles. The molecule has 7 heteroatoms. The Kier molecular flexibility index (Phi) is 10.8. The Hall–Kier alpha value is -1.51. The van der Waals surface area contributed by atoms with Crippen LogP contribution in [-0.4, -0.2) is 57.1 Å². The van der Waals surface area contributed by atoms with Crippen LogP contribution in [0, 0.1) is 5.92 Å². The zero-order chi connectivity index (χ0) is 20.6. The minimum Gasteiger partial charge on any atom is -0.492 e. The van der Waals surface area contributed by atoms with Crippen molar-refractivity contribution < 1.29 is 9.53 Å². The highest BCUT2D eigenvalue weighted by Gasteiger charge is 2.23. The fourth-order valence-corrected chi connectivity index (χ4v) is 3.43. The van der Waals surface area contributed by atoms with Gasteiger partial charge in [-0.05, 0) is 41.9 Å². The van der Waals surface area contributed by atoms with Gasteiger partial charge in [0, 0.05) is 33.6 Å². The molecular weight excluding hydrogens is 479 g/mol. The van der Waals surface area contributed by atoms with E-state index in [0.29, 0.717) is 25.5 Å². The number of piperidine rings is 1. The number of halogens is 1. The second kappa shape index (κ2) is 12.2. The van der Waals surface area contributed by atoms with Crippen molar-refractivity contribution in [2.24, 2.45) is 10.9 Å². The average Bonchev–Trinajstić information content (AvgIpc) is 2.68. The van der Waals surface area contributed by atoms with E-state index in [1.54, 1.807) is 7.05 Å². The Labute approximate surface area is 192 Å². The maximum absolute atomic E-state index is 11.5. The molecule has 0 aliphatic carbocycles. The van der Waals surface area contributed by atoms with Crippen molar-refractivity contribution in [3.63, 3.8) is 0 Å². The minimum atomic E-state index is 0. The smallest absolute Gasteiger partial charge is 0.220 e. The molecule has 164 valence electrons. The van der Waals surface area contributed by atoms with Crippen LogP contribution in [0.3, 0.4) is 0 Å². The fraction of sp³-hybridized carbons (Fsp3) is 0.636. The Morgan fingerprint density at radius 1 is 1.28 bits per heavy atom. The lowest BCUT2D eigenvalue weighted by Crippen LogP contribution is -2.46. The van der Waals surface area contributed by atoms with Crippen molar-refractivity contribution in [2.75, 3.05) is 40.3 Å². The standard InChI is InChI=1S/C22H36N4O2.HI/c1-22(2,3)18-7-6-8-19(16-18)28-14-11-25-21(24-5)26-12-9-17(10-13-26)15-20(27)23-4;/h6-8,16-17H,9-15H2,1-5H3,(H,23,27)(H,24,25);1H. The molecule has 2 N–H and O–H groups in total. The fourth-order valence-electron chi connectivity index (χ4n) is 3.43. The summed E-state index contributed by atoms with van der Waals surface area (Å²) in [5.41, 5.74) is 1.39. The van der Waals surface area contributed by atoms with Crippen molar-refractivity contribution in [3.8, 4) is 5.75 Å². The van der Waals surface area contributed by atoms with Gasteiger partial charge in [0.15, 0.2) is 5.96 Å². The SMILES string of the molecule is CN=C(NCCOc1cccc(C(C)(C)C)c1)N1CCC(CC(=O)NC)CC1.I. The Bertz CT molecular complexity index is 665. The first-order valence-electron chi connectivity index (χ1n) is 10.2. The summed E-state index contributed by atoms with van der Waals surface area (Å²) in [4.78, 5) is 18.2. The van der Waals surface area contributed by atoms with E-state index in [0.717, 1.165) is 37.6 Å². The first-order chi connectivity index (χ1) is 13.3. The van der Waals surface area contributed by atoms with E-state index in [9.17, 15) is 4.79 Å². The van der Waals surface area contributed by atoms with Gasteiger partial charge in [-0.25, -0.2) is 0 Å². The topological polar surface area (TPSA) is 66.0 Å². The molecule has 2 rings (SSSR count). The summed E-state index contributed by atoms with van der Waals surface area (Å²) in [5.74, 6) is 2.41. The number of nitrogens with one attached hydrogen (secondary N) is 2. The maximum atomic E-state index is 11.5. The highest BCUT2D eigenvalue weighted by atomic mass is 127. The number of guanidine groups is 1. The molecule has 1 aromatic carbocycles. The molecule has 0 saturated carbocycles. The lowest BCUT2D eigenvalue weighted by molar-refractivity contribution is -0.121. The maximum Gasteiger partial charge on any atom is 0.220 e. The van der Waals surface area contributed by atoms with Gasteiger partial charge in [0.2, 0.25) is 5.91 Å². The van der Waals surface area contributed by atoms with Crippen LogP contribution in [0.1, 0.15) is 45.6 Å². The molecule has 0 atom stereocenters. The summed E-state index contributed by atoms with van der Waals surface area (Å²) < 4.78 is 5.92. The third-order valence-electron chi connectivity index (χ3n) is 5.23. The lowest BCUT2D eigenvalue weighted by atomic mass is 9.87. The number of hydrogen-bond acceptors (Lipinski definition) is 3. The van der Waals surface area contributed by atoms with Crippen LogP contribution in [0.4, 0.5) is 0 Å². The number of carbonyl (C=O) groups is 1. The van der Waals surface area contributed by atoms with E-state index in [1.807, 2.05) is 19.2 Å². The van der Waals surface area contributed by atoms with E-state index >= 15 is 0 Å². The number of rotatable bonds is 6. The third-order valence-corrected chi connectivity index (χ3v) is 5.23. The minimum absolute atomic E-state index is 0. The summed E-state index contributed by atoms with van der Waals surface area (Å²) in [6.45, 7) is 9.75. The molecule has 1 heterocycles. The van der Waals surface area contributed by atoms with E-state index in [2.05, 4.69) is 53.4 Å². The van der Waals surface area contributed by atoms with Crippen LogP contribution >= 0.6 is 24.0 Å². The summed E-state index contributed by atoms with van der Waals surface area (Å²) in [6.07, 6.45) is 2.66. The number of benzene rings is 1. The van der Waals surface area contributed by atoms with E-state index < -0.39 is 0 Å². The predicted molar refractivity (Wildman–Crippen MR) is 130 cm³/mol. The molecular formula is C22H37IN4O2. The van der Waals surface area contributed by atoms with Gasteiger partial charge in [-0.2, -0.15) is 0 Å². The van der Waals surface area contributed by atoms with Gasteiger partial charge >= 0.3 is 0 Å². The van der Waals surface area contributed by atoms with Gasteiger partial charge in [0.1, 0.15) is 12.4 Å². The zero-order valence-corrected chi connectivity index (χ0v) is 20.8. The summed E-state index contributed by atoms with van der Waals surface area (Å²) in [5, 5.41) is 6.11. The number of likely N-dealkylation sites (tertiary alicyclic amines) is 1. The van der Waals surface area contributed by atoms with Crippen molar-refractivity contribution in [1.29, 1.82) is 0 Å². The molecule has 0 spiro atoms. The van der Waals surface area contributed by atoms with Gasteiger partial charge in [0.25, 0.3) is 0 Å². The predicted octanol–water partition coefficient (Wildman–Crippen LogP) is 3.40. The Balaban J connectivity index is 0.00000420. The molecule has 1 amide bonds. The van der Waals surface area contributed by atoms with Gasteiger partial charge in [-0.1, -0.05) is 32.9 Å². The van der Waals surface area contributed by atoms with Gasteiger partial charge < -0.3 is 20.3 Å². The summed E-state index contributed by atoms with van der Waals surface area (Å²) in [7, 11) is 3.51. The molecule has 0 bridgehead atoms. The largest absolute Gasteiger partial charge is 0.492 e. The molecule has 6 nitrogen and oxygen atoms in total. The van der Waals surface area contributed by atoms with Crippen molar-refractivity contribution in [1.82, 2.24) is 15.5 Å². The molecule has 1 aliphatic rings. The normalized spacial score (nSPS) is 15.5. The lowest BCUT2D eigenvalue weighted by Gasteiger charge is -2.34. The molecule has 0 unspecified atom stereocenters. The average molecular weight is 516 g/mol. The molecule has 1 aromatic rings. The first-order valence-corrected chi connectivity index (χ1v) is 10.2. The molecule has 1 aliphatic heterocycles. The van der Waals surface area contributed by atoms with Gasteiger partial charge in [-0.15, -0.1) is 24.0 Å². The number of aliphatic imine (C=N–C) groups is 1. The molecule has 29 heavy (non-hydrogen) atoms. The second-order valence-corrected chi connectivity index (χ2v) is 8.41. The quantitative estimate of drug-likeness (QED) is 0.263. The molecule has 0 radical (unpaired) electrons. The molecule has 0 aromatic heterocycles. The van der Waals surface area contributed by atoms with Crippen LogP contribution < -0.4 is 15.4 Å². The first kappa shape index (κ1) is 25.5. The monoisotopic (exact) mass is 516 g/mol. The van der Waals surface area contributed by atoms with Crippen LogP contribution in [0.5, 0.6) is 5.75 Å². The summed E-state index contributed by atoms with van der Waals surface area (Å²) >= 11 is 0. The highest BCUT2D eigenvalue weighted by Crippen LogP contribution is 2.25. The van der Waals surface area contributed by atoms with Crippen LogP contribution in [0.2, 0.25) is 0 Å². The van der Waals surface area contributed by atoms with Gasteiger partial charge in [0.05, 0.1) is 6.54 Å². The van der Waals surface area contributed by atoms with Crippen molar-refractivity contribution in [2.45, 2.75) is 45.4 Å². The summed E-state index contributed by atoms with van der Waals surface area (Å²) in [6, 6.07) is 8.30. The van der Waals surface area contributed by atoms with Gasteiger partial charge in [-0.3, -0.25) is 9.79 Å². The van der Waals surface area contributed by atoms with E-state index in [4.69, 9.17) is 4.74 Å².